The van der Waals surface area contributed by atoms with E-state index in [1.807, 2.05) is 27.9 Å². The first-order chi connectivity index (χ1) is 5.90. The number of nitrogens with zero attached hydrogens (tertiary/aromatic N) is 1. The maximum atomic E-state index is 11.4. The highest BCUT2D eigenvalue weighted by molar-refractivity contribution is 5.93. The van der Waals surface area contributed by atoms with E-state index in [4.69, 9.17) is 0 Å². The van der Waals surface area contributed by atoms with Crippen LogP contribution in [0.3, 0.4) is 0 Å². The van der Waals surface area contributed by atoms with Gasteiger partial charge in [0.25, 0.3) is 0 Å². The second kappa shape index (κ2) is 5.18. The van der Waals surface area contributed by atoms with E-state index in [2.05, 4.69) is 11.5 Å². The van der Waals surface area contributed by atoms with Crippen LogP contribution in [-0.2, 0) is 4.79 Å². The third-order valence-electron chi connectivity index (χ3n) is 2.26. The lowest BCUT2D eigenvalue weighted by atomic mass is 9.83. The number of carbonyl (C=O) groups excluding carboxylic acids is 1. The summed E-state index contributed by atoms with van der Waals surface area (Å²) in [6.45, 7) is 8.50. The summed E-state index contributed by atoms with van der Waals surface area (Å²) in [6, 6.07) is 0. The first-order valence-electron chi connectivity index (χ1n) is 4.72. The zero-order valence-corrected chi connectivity index (χ0v) is 9.26. The van der Waals surface area contributed by atoms with Crippen molar-refractivity contribution < 1.29 is 4.79 Å². The number of hydrogen-bond donors (Lipinski definition) is 0. The lowest BCUT2D eigenvalue weighted by Crippen LogP contribution is -2.24. The van der Waals surface area contributed by atoms with Crippen molar-refractivity contribution in [2.24, 2.45) is 5.41 Å². The van der Waals surface area contributed by atoms with Gasteiger partial charge in [-0.2, -0.15) is 0 Å². The molecule has 0 fully saturated rings. The second-order valence-electron chi connectivity index (χ2n) is 4.36. The van der Waals surface area contributed by atoms with Crippen LogP contribution in [-0.4, -0.2) is 31.3 Å². The molecule has 76 valence electrons. The number of hydrogen-bond acceptors (Lipinski definition) is 2. The molecule has 0 heterocycles. The summed E-state index contributed by atoms with van der Waals surface area (Å²) in [6.07, 6.45) is 3.41. The van der Waals surface area contributed by atoms with Crippen molar-refractivity contribution in [1.82, 2.24) is 4.90 Å². The molecule has 0 aliphatic heterocycles. The highest BCUT2D eigenvalue weighted by atomic mass is 16.1. The fourth-order valence-electron chi connectivity index (χ4n) is 1.24. The molecule has 0 spiro atoms. The van der Waals surface area contributed by atoms with Gasteiger partial charge in [-0.1, -0.05) is 20.4 Å². The average molecular weight is 183 g/mol. The minimum atomic E-state index is -0.238. The summed E-state index contributed by atoms with van der Waals surface area (Å²) in [5.74, 6) is 0.145. The molecule has 0 aliphatic rings. The largest absolute Gasteiger partial charge is 0.309 e. The SMILES string of the molecule is C=CC(=O)C(C)(C)CCCN(C)C. The molecular weight excluding hydrogens is 162 g/mol. The maximum absolute atomic E-state index is 11.4. The molecule has 0 N–H and O–H groups in total. The van der Waals surface area contributed by atoms with Crippen LogP contribution < -0.4 is 0 Å². The van der Waals surface area contributed by atoms with Crippen molar-refractivity contribution in [3.05, 3.63) is 12.7 Å². The van der Waals surface area contributed by atoms with Crippen LogP contribution in [0.4, 0.5) is 0 Å². The minimum Gasteiger partial charge on any atom is -0.309 e. The van der Waals surface area contributed by atoms with Crippen LogP contribution in [0.25, 0.3) is 0 Å². The third kappa shape index (κ3) is 4.83. The van der Waals surface area contributed by atoms with Crippen molar-refractivity contribution in [3.8, 4) is 0 Å². The van der Waals surface area contributed by atoms with Crippen molar-refractivity contribution in [2.75, 3.05) is 20.6 Å². The summed E-state index contributed by atoms with van der Waals surface area (Å²) in [5, 5.41) is 0. The van der Waals surface area contributed by atoms with Crippen LogP contribution >= 0.6 is 0 Å². The number of rotatable bonds is 6. The molecule has 2 nitrogen and oxygen atoms in total. The van der Waals surface area contributed by atoms with Crippen LogP contribution in [0, 0.1) is 5.41 Å². The number of allylic oxidation sites excluding steroid dienone is 1. The van der Waals surface area contributed by atoms with Crippen LogP contribution in [0.2, 0.25) is 0 Å². The molecule has 2 heteroatoms. The third-order valence-corrected chi connectivity index (χ3v) is 2.26. The molecule has 0 atom stereocenters. The Bertz CT molecular complexity index is 183. The van der Waals surface area contributed by atoms with E-state index in [0.29, 0.717) is 0 Å². The summed E-state index contributed by atoms with van der Waals surface area (Å²) in [7, 11) is 4.09. The molecule has 0 saturated carbocycles. The predicted molar refractivity (Wildman–Crippen MR) is 56.8 cm³/mol. The molecule has 0 bridgehead atoms. The molecule has 0 aromatic heterocycles. The van der Waals surface area contributed by atoms with Gasteiger partial charge in [-0.25, -0.2) is 0 Å². The Morgan fingerprint density at radius 3 is 2.38 bits per heavy atom. The molecule has 0 amide bonds. The van der Waals surface area contributed by atoms with Crippen LogP contribution in [0.1, 0.15) is 26.7 Å². The highest BCUT2D eigenvalue weighted by Gasteiger charge is 2.23. The Morgan fingerprint density at radius 2 is 2.00 bits per heavy atom. The van der Waals surface area contributed by atoms with Gasteiger partial charge in [0.2, 0.25) is 0 Å². The van der Waals surface area contributed by atoms with Gasteiger partial charge in [0.15, 0.2) is 5.78 Å². The molecule has 0 unspecified atom stereocenters. The first kappa shape index (κ1) is 12.4. The zero-order chi connectivity index (χ0) is 10.5. The van der Waals surface area contributed by atoms with Gasteiger partial charge in [0.1, 0.15) is 0 Å². The van der Waals surface area contributed by atoms with Crippen LogP contribution in [0.5, 0.6) is 0 Å². The van der Waals surface area contributed by atoms with E-state index >= 15 is 0 Å². The van der Waals surface area contributed by atoms with E-state index in [1.165, 1.54) is 6.08 Å². The van der Waals surface area contributed by atoms with Gasteiger partial charge >= 0.3 is 0 Å². The van der Waals surface area contributed by atoms with E-state index in [0.717, 1.165) is 19.4 Å². The molecule has 0 rings (SSSR count). The Kier molecular flexibility index (Phi) is 4.92. The first-order valence-corrected chi connectivity index (χ1v) is 4.72. The fraction of sp³-hybridized carbons (Fsp3) is 0.727. The molecule has 13 heavy (non-hydrogen) atoms. The number of carbonyl (C=O) groups is 1. The highest BCUT2D eigenvalue weighted by Crippen LogP contribution is 2.23. The summed E-state index contributed by atoms with van der Waals surface area (Å²) < 4.78 is 0. The molecular formula is C11H21NO. The molecule has 0 aliphatic carbocycles. The Balaban J connectivity index is 3.89. The van der Waals surface area contributed by atoms with Crippen molar-refractivity contribution >= 4 is 5.78 Å². The predicted octanol–water partition coefficient (Wildman–Crippen LogP) is 2.11. The molecule has 0 saturated heterocycles. The molecule has 0 aromatic rings. The quantitative estimate of drug-likeness (QED) is 0.588. The second-order valence-corrected chi connectivity index (χ2v) is 4.36. The average Bonchev–Trinajstić information content (AvgIpc) is 2.01. The summed E-state index contributed by atoms with van der Waals surface area (Å²) in [4.78, 5) is 13.5. The standard InChI is InChI=1S/C11H21NO/c1-6-10(13)11(2,3)8-7-9-12(4)5/h6H,1,7-9H2,2-5H3. The van der Waals surface area contributed by atoms with E-state index in [-0.39, 0.29) is 11.2 Å². The normalized spacial score (nSPS) is 11.8. The van der Waals surface area contributed by atoms with Gasteiger partial charge in [-0.3, -0.25) is 4.79 Å². The minimum absolute atomic E-state index is 0.145. The monoisotopic (exact) mass is 183 g/mol. The lowest BCUT2D eigenvalue weighted by molar-refractivity contribution is -0.122. The van der Waals surface area contributed by atoms with E-state index < -0.39 is 0 Å². The van der Waals surface area contributed by atoms with Crippen molar-refractivity contribution in [1.29, 1.82) is 0 Å². The molecule has 0 radical (unpaired) electrons. The van der Waals surface area contributed by atoms with Crippen LogP contribution in [0.15, 0.2) is 12.7 Å². The summed E-state index contributed by atoms with van der Waals surface area (Å²) in [5.41, 5.74) is -0.238. The van der Waals surface area contributed by atoms with E-state index in [1.54, 1.807) is 0 Å². The Labute approximate surface area is 81.6 Å². The van der Waals surface area contributed by atoms with Gasteiger partial charge in [-0.05, 0) is 39.6 Å². The zero-order valence-electron chi connectivity index (χ0n) is 9.26. The number of ketones is 1. The Hall–Kier alpha value is -0.630. The van der Waals surface area contributed by atoms with Crippen molar-refractivity contribution in [3.63, 3.8) is 0 Å². The van der Waals surface area contributed by atoms with Gasteiger partial charge in [-0.15, -0.1) is 0 Å². The topological polar surface area (TPSA) is 20.3 Å². The lowest BCUT2D eigenvalue weighted by Gasteiger charge is -2.21. The summed E-state index contributed by atoms with van der Waals surface area (Å²) >= 11 is 0. The fourth-order valence-corrected chi connectivity index (χ4v) is 1.24. The van der Waals surface area contributed by atoms with Gasteiger partial charge in [0, 0.05) is 5.41 Å². The maximum Gasteiger partial charge on any atom is 0.160 e. The van der Waals surface area contributed by atoms with Crippen molar-refractivity contribution in [2.45, 2.75) is 26.7 Å². The van der Waals surface area contributed by atoms with Gasteiger partial charge in [0.05, 0.1) is 0 Å². The smallest absolute Gasteiger partial charge is 0.160 e. The Morgan fingerprint density at radius 1 is 1.46 bits per heavy atom. The van der Waals surface area contributed by atoms with E-state index in [9.17, 15) is 4.79 Å². The molecule has 0 aromatic carbocycles. The van der Waals surface area contributed by atoms with Gasteiger partial charge < -0.3 is 4.90 Å².